The SMILES string of the molecule is CCN(CC)CCN(C(=O)Cc1cccs1)c1nc2c(C)ccc(C)c2s1. The number of thiazole rings is 1. The number of anilines is 1. The third-order valence-corrected chi connectivity index (χ3v) is 6.99. The van der Waals surface area contributed by atoms with Gasteiger partial charge in [0.15, 0.2) is 5.13 Å². The van der Waals surface area contributed by atoms with E-state index in [1.54, 1.807) is 22.7 Å². The number of aromatic nitrogens is 1. The average molecular weight is 402 g/mol. The fraction of sp³-hybridized carbons (Fsp3) is 0.429. The number of amides is 1. The molecule has 3 aromatic rings. The highest BCUT2D eigenvalue weighted by molar-refractivity contribution is 7.22. The summed E-state index contributed by atoms with van der Waals surface area (Å²) in [6, 6.07) is 8.26. The van der Waals surface area contributed by atoms with E-state index in [1.165, 1.54) is 10.3 Å². The number of likely N-dealkylation sites (N-methyl/N-ethyl adjacent to an activating group) is 1. The molecule has 0 aliphatic carbocycles. The predicted octanol–water partition coefficient (Wildman–Crippen LogP) is 4.89. The Morgan fingerprint density at radius 3 is 2.44 bits per heavy atom. The van der Waals surface area contributed by atoms with Crippen molar-refractivity contribution in [1.82, 2.24) is 9.88 Å². The predicted molar refractivity (Wildman–Crippen MR) is 117 cm³/mol. The van der Waals surface area contributed by atoms with Gasteiger partial charge in [0.05, 0.1) is 16.6 Å². The number of hydrogen-bond donors (Lipinski definition) is 0. The molecule has 0 bridgehead atoms. The lowest BCUT2D eigenvalue weighted by molar-refractivity contribution is -0.118. The van der Waals surface area contributed by atoms with Gasteiger partial charge in [0.1, 0.15) is 0 Å². The second-order valence-electron chi connectivity index (χ2n) is 6.70. The summed E-state index contributed by atoms with van der Waals surface area (Å²) >= 11 is 3.27. The second-order valence-corrected chi connectivity index (χ2v) is 8.71. The maximum atomic E-state index is 13.1. The molecular formula is C21H27N3OS2. The Balaban J connectivity index is 1.91. The van der Waals surface area contributed by atoms with Crippen molar-refractivity contribution in [1.29, 1.82) is 0 Å². The Bertz CT molecular complexity index is 859. The maximum Gasteiger partial charge on any atom is 0.234 e. The summed E-state index contributed by atoms with van der Waals surface area (Å²) in [5.41, 5.74) is 3.40. The van der Waals surface area contributed by atoms with Crippen molar-refractivity contribution in [3.8, 4) is 0 Å². The number of carbonyl (C=O) groups is 1. The number of hydrogen-bond acceptors (Lipinski definition) is 5. The fourth-order valence-electron chi connectivity index (χ4n) is 3.13. The minimum absolute atomic E-state index is 0.124. The zero-order valence-electron chi connectivity index (χ0n) is 16.5. The van der Waals surface area contributed by atoms with E-state index in [9.17, 15) is 4.79 Å². The van der Waals surface area contributed by atoms with Gasteiger partial charge in [-0.15, -0.1) is 11.3 Å². The van der Waals surface area contributed by atoms with Gasteiger partial charge in [0, 0.05) is 18.0 Å². The third-order valence-electron chi connectivity index (χ3n) is 4.90. The van der Waals surface area contributed by atoms with Crippen molar-refractivity contribution in [2.75, 3.05) is 31.1 Å². The van der Waals surface area contributed by atoms with Gasteiger partial charge in [0.2, 0.25) is 5.91 Å². The van der Waals surface area contributed by atoms with Crippen LogP contribution in [0.15, 0.2) is 29.6 Å². The molecule has 2 heterocycles. The van der Waals surface area contributed by atoms with E-state index in [2.05, 4.69) is 44.7 Å². The first-order valence-corrected chi connectivity index (χ1v) is 11.1. The van der Waals surface area contributed by atoms with Gasteiger partial charge in [0.25, 0.3) is 0 Å². The summed E-state index contributed by atoms with van der Waals surface area (Å²) in [6.45, 7) is 12.0. The van der Waals surface area contributed by atoms with Gasteiger partial charge in [-0.3, -0.25) is 9.69 Å². The molecule has 0 aliphatic rings. The van der Waals surface area contributed by atoms with Crippen molar-refractivity contribution in [3.63, 3.8) is 0 Å². The van der Waals surface area contributed by atoms with Crippen molar-refractivity contribution in [2.45, 2.75) is 34.1 Å². The molecule has 0 atom stereocenters. The van der Waals surface area contributed by atoms with Crippen LogP contribution in [0.3, 0.4) is 0 Å². The largest absolute Gasteiger partial charge is 0.302 e. The Labute approximate surface area is 169 Å². The number of aryl methyl sites for hydroxylation is 2. The van der Waals surface area contributed by atoms with Crippen LogP contribution in [-0.4, -0.2) is 42.0 Å². The van der Waals surface area contributed by atoms with E-state index in [0.29, 0.717) is 13.0 Å². The van der Waals surface area contributed by atoms with Crippen LogP contribution < -0.4 is 4.90 Å². The van der Waals surface area contributed by atoms with Crippen molar-refractivity contribution < 1.29 is 4.79 Å². The van der Waals surface area contributed by atoms with Crippen LogP contribution in [0.4, 0.5) is 5.13 Å². The van der Waals surface area contributed by atoms with Crippen LogP contribution in [0, 0.1) is 13.8 Å². The fourth-order valence-corrected chi connectivity index (χ4v) is 4.98. The summed E-state index contributed by atoms with van der Waals surface area (Å²) in [6.07, 6.45) is 0.434. The van der Waals surface area contributed by atoms with E-state index >= 15 is 0 Å². The first-order valence-electron chi connectivity index (χ1n) is 9.45. The molecule has 0 radical (unpaired) electrons. The van der Waals surface area contributed by atoms with Gasteiger partial charge in [-0.25, -0.2) is 4.98 Å². The standard InChI is InChI=1S/C21H27N3OS2/c1-5-23(6-2)11-12-24(18(25)14-17-8-7-13-26-17)21-22-19-15(3)9-10-16(4)20(19)27-21/h7-10,13H,5-6,11-12,14H2,1-4H3. The number of fused-ring (bicyclic) bond motifs is 1. The van der Waals surface area contributed by atoms with Gasteiger partial charge < -0.3 is 4.90 Å². The molecule has 0 N–H and O–H groups in total. The molecule has 0 fully saturated rings. The van der Waals surface area contributed by atoms with Gasteiger partial charge >= 0.3 is 0 Å². The zero-order valence-corrected chi connectivity index (χ0v) is 18.1. The van der Waals surface area contributed by atoms with Crippen molar-refractivity contribution in [3.05, 3.63) is 45.6 Å². The molecule has 0 aliphatic heterocycles. The number of benzene rings is 1. The molecule has 144 valence electrons. The van der Waals surface area contributed by atoms with Crippen LogP contribution in [0.25, 0.3) is 10.2 Å². The summed E-state index contributed by atoms with van der Waals surface area (Å²) in [5, 5.41) is 2.84. The average Bonchev–Trinajstić information content (AvgIpc) is 3.32. The molecular weight excluding hydrogens is 374 g/mol. The van der Waals surface area contributed by atoms with Crippen LogP contribution in [0.5, 0.6) is 0 Å². The highest BCUT2D eigenvalue weighted by Crippen LogP contribution is 2.33. The van der Waals surface area contributed by atoms with Gasteiger partial charge in [-0.05, 0) is 49.5 Å². The molecule has 1 aromatic carbocycles. The minimum atomic E-state index is 0.124. The van der Waals surface area contributed by atoms with E-state index in [0.717, 1.165) is 40.7 Å². The second kappa shape index (κ2) is 8.95. The number of thiophene rings is 1. The van der Waals surface area contributed by atoms with Crippen LogP contribution in [0.1, 0.15) is 29.9 Å². The van der Waals surface area contributed by atoms with E-state index in [4.69, 9.17) is 4.98 Å². The molecule has 3 rings (SSSR count). The first-order chi connectivity index (χ1) is 13.0. The third kappa shape index (κ3) is 4.57. The maximum absolute atomic E-state index is 13.1. The molecule has 0 unspecified atom stereocenters. The summed E-state index contributed by atoms with van der Waals surface area (Å²) in [7, 11) is 0. The Kier molecular flexibility index (Phi) is 6.63. The van der Waals surface area contributed by atoms with Crippen LogP contribution in [0.2, 0.25) is 0 Å². The monoisotopic (exact) mass is 401 g/mol. The smallest absolute Gasteiger partial charge is 0.234 e. The lowest BCUT2D eigenvalue weighted by Gasteiger charge is -2.24. The van der Waals surface area contributed by atoms with E-state index < -0.39 is 0 Å². The zero-order chi connectivity index (χ0) is 19.4. The minimum Gasteiger partial charge on any atom is -0.302 e. The Hall–Kier alpha value is -1.76. The van der Waals surface area contributed by atoms with Crippen LogP contribution in [-0.2, 0) is 11.2 Å². The topological polar surface area (TPSA) is 36.4 Å². The lowest BCUT2D eigenvalue weighted by atomic mass is 10.1. The lowest BCUT2D eigenvalue weighted by Crippen LogP contribution is -2.39. The molecule has 0 saturated heterocycles. The number of nitrogens with zero attached hydrogens (tertiary/aromatic N) is 3. The molecule has 27 heavy (non-hydrogen) atoms. The summed E-state index contributed by atoms with van der Waals surface area (Å²) in [4.78, 5) is 23.3. The van der Waals surface area contributed by atoms with Gasteiger partial charge in [-0.1, -0.05) is 43.4 Å². The molecule has 4 nitrogen and oxygen atoms in total. The normalized spacial score (nSPS) is 11.4. The molecule has 6 heteroatoms. The van der Waals surface area contributed by atoms with Crippen molar-refractivity contribution in [2.24, 2.45) is 0 Å². The van der Waals surface area contributed by atoms with E-state index in [-0.39, 0.29) is 5.91 Å². The molecule has 1 amide bonds. The molecule has 0 spiro atoms. The number of rotatable bonds is 8. The first kappa shape index (κ1) is 20.0. The Morgan fingerprint density at radius 1 is 1.07 bits per heavy atom. The molecule has 0 saturated carbocycles. The summed E-state index contributed by atoms with van der Waals surface area (Å²) < 4.78 is 1.18. The van der Waals surface area contributed by atoms with Crippen LogP contribution >= 0.6 is 22.7 Å². The van der Waals surface area contributed by atoms with Gasteiger partial charge in [-0.2, -0.15) is 0 Å². The highest BCUT2D eigenvalue weighted by atomic mass is 32.1. The molecule has 2 aromatic heterocycles. The number of carbonyl (C=O) groups excluding carboxylic acids is 1. The quantitative estimate of drug-likeness (QED) is 0.539. The summed E-state index contributed by atoms with van der Waals surface area (Å²) in [5.74, 6) is 0.124. The highest BCUT2D eigenvalue weighted by Gasteiger charge is 2.22. The Morgan fingerprint density at radius 2 is 1.81 bits per heavy atom. The van der Waals surface area contributed by atoms with E-state index in [1.807, 2.05) is 22.4 Å². The van der Waals surface area contributed by atoms with Crippen molar-refractivity contribution >= 4 is 43.9 Å².